The number of unbranched alkanes of at least 4 members (excludes halogenated alkanes) is 9. The van der Waals surface area contributed by atoms with Crippen molar-refractivity contribution < 1.29 is 26.0 Å². The van der Waals surface area contributed by atoms with E-state index in [0.717, 1.165) is 0 Å². The van der Waals surface area contributed by atoms with Crippen LogP contribution in [0.2, 0.25) is 18.1 Å². The summed E-state index contributed by atoms with van der Waals surface area (Å²) in [4.78, 5) is 0. The third-order valence-corrected chi connectivity index (χ3v) is 16.5. The van der Waals surface area contributed by atoms with Crippen LogP contribution in [0.25, 0.3) is 0 Å². The van der Waals surface area contributed by atoms with E-state index >= 15 is 0 Å². The predicted octanol–water partition coefficient (Wildman–Crippen LogP) is 7.59. The third kappa shape index (κ3) is 6.85. The second-order valence-electron chi connectivity index (χ2n) is 8.84. The van der Waals surface area contributed by atoms with Gasteiger partial charge in [-0.15, -0.1) is 0 Å². The van der Waals surface area contributed by atoms with E-state index in [-0.39, 0.29) is 2.85 Å². The molecule has 1 unspecified atom stereocenters. The van der Waals surface area contributed by atoms with Gasteiger partial charge in [0.1, 0.15) is 0 Å². The first kappa shape index (κ1) is 24.6. The number of hydrogen-bond acceptors (Lipinski definition) is 1. The molecule has 0 amide bonds. The Labute approximate surface area is 181 Å². The average Bonchev–Trinajstić information content (AvgIpc) is 2.78. The Balaban J connectivity index is 0. The van der Waals surface area contributed by atoms with Crippen LogP contribution in [0, 0.1) is 0 Å². The fourth-order valence-corrected chi connectivity index (χ4v) is 14.5. The van der Waals surface area contributed by atoms with Gasteiger partial charge >= 0.3 is 172 Å². The standard InChI is InChI=1S/C12H26N.C11H19Si.Hf.2H/c1-2-3-4-5-6-7-8-9-10-11-12-13;1-8-7-11(4,12(5)6)10(3)9(8)2;;;/h13H,2-12H2,1H3;12H,1-6H3;;;/q-1;;+1;2*-1. The van der Waals surface area contributed by atoms with Gasteiger partial charge in [-0.05, 0) is 0 Å². The largest absolute Gasteiger partial charge is 1.00 e. The van der Waals surface area contributed by atoms with E-state index < -0.39 is 32.0 Å². The van der Waals surface area contributed by atoms with Crippen LogP contribution in [0.1, 0.15) is 102 Å². The van der Waals surface area contributed by atoms with Gasteiger partial charge in [0.25, 0.3) is 0 Å². The summed E-state index contributed by atoms with van der Waals surface area (Å²) < 4.78 is 5.86. The minimum absolute atomic E-state index is 0. The van der Waals surface area contributed by atoms with Crippen LogP contribution < -0.4 is 3.30 Å². The molecule has 0 aromatic heterocycles. The summed E-state index contributed by atoms with van der Waals surface area (Å²) in [6.45, 7) is 18.4. The molecule has 1 N–H and O–H groups in total. The minimum Gasteiger partial charge on any atom is -1.00 e. The molecule has 0 saturated heterocycles. The Bertz CT molecular complexity index is 491. The molecule has 1 nitrogen and oxygen atoms in total. The Kier molecular flexibility index (Phi) is 12.2. The molecule has 0 aliphatic heterocycles. The van der Waals surface area contributed by atoms with Gasteiger partial charge in [-0.25, -0.2) is 0 Å². The van der Waals surface area contributed by atoms with Crippen molar-refractivity contribution in [2.45, 2.75) is 117 Å². The fraction of sp³-hybridized carbons (Fsp3) is 0.826. The minimum atomic E-state index is -0.864. The fourth-order valence-electron chi connectivity index (χ4n) is 4.23. The Morgan fingerprint density at radius 3 is 1.85 bits per heavy atom. The number of allylic oxidation sites excluding steroid dienone is 4. The van der Waals surface area contributed by atoms with Crippen LogP contribution in [0.15, 0.2) is 20.0 Å². The summed E-state index contributed by atoms with van der Waals surface area (Å²) in [7, 11) is -0.727. The summed E-state index contributed by atoms with van der Waals surface area (Å²) in [6.07, 6.45) is 14.3. The summed E-state index contributed by atoms with van der Waals surface area (Å²) in [6, 6.07) is 0. The van der Waals surface area contributed by atoms with Gasteiger partial charge in [-0.1, -0.05) is 6.92 Å². The van der Waals surface area contributed by atoms with Crippen molar-refractivity contribution in [1.82, 2.24) is 3.30 Å². The molecule has 0 bridgehead atoms. The van der Waals surface area contributed by atoms with Gasteiger partial charge < -0.3 is 2.85 Å². The topological polar surface area (TPSA) is 12.0 Å². The summed E-state index contributed by atoms with van der Waals surface area (Å²) in [5, 5.41) is 0.474. The van der Waals surface area contributed by atoms with Crippen molar-refractivity contribution in [2.24, 2.45) is 0 Å². The zero-order valence-electron chi connectivity index (χ0n) is 20.9. The van der Waals surface area contributed by atoms with Crippen molar-refractivity contribution in [1.29, 1.82) is 0 Å². The van der Waals surface area contributed by atoms with Gasteiger partial charge in [0.15, 0.2) is 0 Å². The van der Waals surface area contributed by atoms with E-state index in [0.29, 0.717) is 5.04 Å². The van der Waals surface area contributed by atoms with E-state index in [1.165, 1.54) is 70.8 Å². The molecule has 0 fully saturated rings. The van der Waals surface area contributed by atoms with Gasteiger partial charge in [0.2, 0.25) is 0 Å². The third-order valence-electron chi connectivity index (χ3n) is 6.82. The number of hydrogen-bond donors (Lipinski definition) is 1. The van der Waals surface area contributed by atoms with E-state index in [9.17, 15) is 0 Å². The second kappa shape index (κ2) is 12.9. The monoisotopic (exact) mass is 545 g/mol. The number of rotatable bonds is 14. The molecule has 0 spiro atoms. The van der Waals surface area contributed by atoms with Gasteiger partial charge in [-0.3, -0.25) is 0 Å². The first-order valence-corrected chi connectivity index (χ1v) is 17.7. The van der Waals surface area contributed by atoms with Crippen LogP contribution in [-0.2, 0) is 23.2 Å². The number of nitrogens with one attached hydrogen (secondary N) is 1. The maximum Gasteiger partial charge on any atom is -1.00 e. The van der Waals surface area contributed by atoms with E-state index in [1.807, 2.05) is 3.33 Å². The average molecular weight is 544 g/mol. The molecule has 0 saturated carbocycles. The van der Waals surface area contributed by atoms with Gasteiger partial charge in [0.05, 0.1) is 0 Å². The summed E-state index contributed by atoms with van der Waals surface area (Å²) in [5.74, 6) is 0. The van der Waals surface area contributed by atoms with Crippen molar-refractivity contribution in [3.63, 3.8) is 0 Å². The molecule has 0 aromatic rings. The molecular weight excluding hydrogens is 497 g/mol. The molecule has 3 heteroatoms. The normalized spacial score (nSPS) is 20.6. The van der Waals surface area contributed by atoms with Crippen LogP contribution in [0.3, 0.4) is 0 Å². The molecule has 0 aromatic carbocycles. The molecule has 26 heavy (non-hydrogen) atoms. The first-order valence-electron chi connectivity index (χ1n) is 11.3. The predicted molar refractivity (Wildman–Crippen MR) is 120 cm³/mol. The van der Waals surface area contributed by atoms with E-state index in [2.05, 4.69) is 51.0 Å². The quantitative estimate of drug-likeness (QED) is 0.176. The summed E-state index contributed by atoms with van der Waals surface area (Å²) >= 11 is -0.864. The summed E-state index contributed by atoms with van der Waals surface area (Å²) in [5.41, 5.74) is 4.96. The molecule has 1 rings (SSSR count). The zero-order valence-corrected chi connectivity index (χ0v) is 23.6. The maximum absolute atomic E-state index is 3.97. The SMILES string of the molecule is CCCCCCCCCCCC[NH][Hf][C]1=C(C)C(C)=C(C)C1(C)[SiH](C)C.[H-].[H-]. The molecule has 0 heterocycles. The van der Waals surface area contributed by atoms with Crippen LogP contribution >= 0.6 is 0 Å². The molecule has 1 atom stereocenters. The molecule has 1 aliphatic rings. The molecule has 154 valence electrons. The van der Waals surface area contributed by atoms with Crippen LogP contribution in [-0.4, -0.2) is 15.3 Å². The molecular formula is C23H47HfNSi-2. The first-order chi connectivity index (χ1) is 12.4. The maximum atomic E-state index is 3.97. The van der Waals surface area contributed by atoms with Crippen molar-refractivity contribution in [3.05, 3.63) is 20.0 Å². The zero-order chi connectivity index (χ0) is 19.6. The van der Waals surface area contributed by atoms with Crippen molar-refractivity contribution in [3.8, 4) is 0 Å². The van der Waals surface area contributed by atoms with Gasteiger partial charge in [0, 0.05) is 0 Å². The Morgan fingerprint density at radius 1 is 0.846 bits per heavy atom. The molecule has 0 radical (unpaired) electrons. The Morgan fingerprint density at radius 2 is 1.35 bits per heavy atom. The van der Waals surface area contributed by atoms with Crippen LogP contribution in [0.5, 0.6) is 0 Å². The van der Waals surface area contributed by atoms with Gasteiger partial charge in [-0.2, -0.15) is 0 Å². The van der Waals surface area contributed by atoms with E-state index in [4.69, 9.17) is 0 Å². The smallest absolute Gasteiger partial charge is 1.00 e. The molecule has 1 aliphatic carbocycles. The Hall–Kier alpha value is 0.527. The van der Waals surface area contributed by atoms with Crippen molar-refractivity contribution in [2.75, 3.05) is 6.54 Å². The van der Waals surface area contributed by atoms with Crippen molar-refractivity contribution >= 4 is 8.80 Å². The second-order valence-corrected chi connectivity index (χ2v) is 16.3. The van der Waals surface area contributed by atoms with E-state index in [1.54, 1.807) is 16.7 Å². The van der Waals surface area contributed by atoms with Crippen LogP contribution in [0.4, 0.5) is 0 Å².